The fourth-order valence-electron chi connectivity index (χ4n) is 1.98. The molecule has 0 radical (unpaired) electrons. The quantitative estimate of drug-likeness (QED) is 0.683. The number of hydrogen-bond donors (Lipinski definition) is 1. The minimum absolute atomic E-state index is 0.0172. The number of ether oxygens (including phenoxy) is 1. The minimum atomic E-state index is 0.0172. The molecule has 124 valence electrons. The molecule has 2 nitrogen and oxygen atoms in total. The van der Waals surface area contributed by atoms with Crippen molar-refractivity contribution in [3.8, 4) is 5.75 Å². The third-order valence-corrected chi connectivity index (χ3v) is 4.18. The fourth-order valence-corrected chi connectivity index (χ4v) is 2.49. The third kappa shape index (κ3) is 5.89. The Labute approximate surface area is 152 Å². The number of hydrogen-bond acceptors (Lipinski definition) is 2. The van der Waals surface area contributed by atoms with Gasteiger partial charge >= 0.3 is 0 Å². The number of nitrogens with one attached hydrogen (secondary N) is 1. The van der Waals surface area contributed by atoms with Gasteiger partial charge in [-0.05, 0) is 56.7 Å². The van der Waals surface area contributed by atoms with E-state index in [2.05, 4.69) is 26.1 Å². The van der Waals surface area contributed by atoms with Crippen LogP contribution in [0.15, 0.2) is 36.4 Å². The van der Waals surface area contributed by atoms with Crippen molar-refractivity contribution in [2.75, 3.05) is 0 Å². The van der Waals surface area contributed by atoms with E-state index in [1.54, 1.807) is 6.07 Å². The van der Waals surface area contributed by atoms with Gasteiger partial charge in [-0.2, -0.15) is 0 Å². The predicted molar refractivity (Wildman–Crippen MR) is 98.8 cm³/mol. The van der Waals surface area contributed by atoms with Gasteiger partial charge in [0.05, 0.1) is 10.0 Å². The predicted octanol–water partition coefficient (Wildman–Crippen LogP) is 6.11. The zero-order valence-electron chi connectivity index (χ0n) is 13.4. The Morgan fingerprint density at radius 3 is 2.35 bits per heavy atom. The Bertz CT molecular complexity index is 680. The van der Waals surface area contributed by atoms with E-state index < -0.39 is 0 Å². The van der Waals surface area contributed by atoms with E-state index in [1.807, 2.05) is 30.3 Å². The van der Waals surface area contributed by atoms with Crippen LogP contribution >= 0.6 is 34.8 Å². The van der Waals surface area contributed by atoms with Crippen LogP contribution in [0, 0.1) is 0 Å². The fraction of sp³-hybridized carbons (Fsp3) is 0.333. The summed E-state index contributed by atoms with van der Waals surface area (Å²) in [6.45, 7) is 7.46. The highest BCUT2D eigenvalue weighted by atomic mass is 35.5. The van der Waals surface area contributed by atoms with E-state index in [4.69, 9.17) is 39.5 Å². The summed E-state index contributed by atoms with van der Waals surface area (Å²) in [4.78, 5) is 0. The van der Waals surface area contributed by atoms with Crippen molar-refractivity contribution in [1.82, 2.24) is 5.32 Å². The first-order chi connectivity index (χ1) is 10.7. The van der Waals surface area contributed by atoms with Crippen molar-refractivity contribution in [1.29, 1.82) is 0 Å². The first kappa shape index (κ1) is 18.4. The largest absolute Gasteiger partial charge is 0.489 e. The van der Waals surface area contributed by atoms with E-state index in [9.17, 15) is 0 Å². The highest BCUT2D eigenvalue weighted by Crippen LogP contribution is 2.26. The first-order valence-electron chi connectivity index (χ1n) is 7.35. The van der Waals surface area contributed by atoms with Crippen molar-refractivity contribution in [2.45, 2.75) is 39.5 Å². The Kier molecular flexibility index (Phi) is 6.21. The SMILES string of the molecule is CC(C)(C)NCc1cc(Cl)ccc1OCc1ccc(Cl)c(Cl)c1. The molecule has 5 heteroatoms. The lowest BCUT2D eigenvalue weighted by Gasteiger charge is -2.22. The van der Waals surface area contributed by atoms with Crippen molar-refractivity contribution >= 4 is 34.8 Å². The average Bonchev–Trinajstić information content (AvgIpc) is 2.47. The van der Waals surface area contributed by atoms with Gasteiger partial charge in [0.1, 0.15) is 12.4 Å². The maximum Gasteiger partial charge on any atom is 0.124 e. The molecule has 0 saturated carbocycles. The van der Waals surface area contributed by atoms with Crippen LogP contribution in [0.5, 0.6) is 5.75 Å². The minimum Gasteiger partial charge on any atom is -0.489 e. The van der Waals surface area contributed by atoms with Crippen LogP contribution in [0.1, 0.15) is 31.9 Å². The van der Waals surface area contributed by atoms with Gasteiger partial charge in [-0.1, -0.05) is 40.9 Å². The van der Waals surface area contributed by atoms with E-state index >= 15 is 0 Å². The van der Waals surface area contributed by atoms with Gasteiger partial charge < -0.3 is 10.1 Å². The molecule has 0 fully saturated rings. The Morgan fingerprint density at radius 1 is 0.957 bits per heavy atom. The Balaban J connectivity index is 2.10. The molecule has 0 atom stereocenters. The second kappa shape index (κ2) is 7.76. The van der Waals surface area contributed by atoms with Crippen molar-refractivity contribution in [2.24, 2.45) is 0 Å². The highest BCUT2D eigenvalue weighted by Gasteiger charge is 2.12. The van der Waals surface area contributed by atoms with Crippen LogP contribution in [0.4, 0.5) is 0 Å². The maximum atomic E-state index is 6.11. The Hall–Kier alpha value is -0.930. The van der Waals surface area contributed by atoms with Gasteiger partial charge in [0.2, 0.25) is 0 Å². The van der Waals surface area contributed by atoms with Gasteiger partial charge in [0, 0.05) is 22.7 Å². The van der Waals surface area contributed by atoms with Crippen LogP contribution in [-0.2, 0) is 13.2 Å². The summed E-state index contributed by atoms with van der Waals surface area (Å²) in [6.07, 6.45) is 0. The van der Waals surface area contributed by atoms with Crippen LogP contribution in [0.3, 0.4) is 0 Å². The summed E-state index contributed by atoms with van der Waals surface area (Å²) in [6, 6.07) is 11.1. The number of rotatable bonds is 5. The zero-order valence-corrected chi connectivity index (χ0v) is 15.7. The molecule has 0 saturated heterocycles. The van der Waals surface area contributed by atoms with Gasteiger partial charge in [-0.25, -0.2) is 0 Å². The summed E-state index contributed by atoms with van der Waals surface area (Å²) in [7, 11) is 0. The summed E-state index contributed by atoms with van der Waals surface area (Å²) in [5.74, 6) is 0.803. The molecule has 0 aliphatic heterocycles. The molecule has 23 heavy (non-hydrogen) atoms. The number of halogens is 3. The lowest BCUT2D eigenvalue weighted by molar-refractivity contribution is 0.300. The van der Waals surface area contributed by atoms with E-state index in [0.29, 0.717) is 28.2 Å². The van der Waals surface area contributed by atoms with Crippen molar-refractivity contribution < 1.29 is 4.74 Å². The monoisotopic (exact) mass is 371 g/mol. The Morgan fingerprint density at radius 2 is 1.70 bits per heavy atom. The van der Waals surface area contributed by atoms with Gasteiger partial charge in [0.15, 0.2) is 0 Å². The first-order valence-corrected chi connectivity index (χ1v) is 8.48. The molecule has 0 aromatic heterocycles. The second-order valence-electron chi connectivity index (χ2n) is 6.39. The van der Waals surface area contributed by atoms with Crippen LogP contribution < -0.4 is 10.1 Å². The second-order valence-corrected chi connectivity index (χ2v) is 7.64. The highest BCUT2D eigenvalue weighted by molar-refractivity contribution is 6.42. The molecular weight excluding hydrogens is 353 g/mol. The molecule has 0 aliphatic rings. The standard InChI is InChI=1S/C18H20Cl3NO/c1-18(2,3)22-10-13-9-14(19)5-7-17(13)23-11-12-4-6-15(20)16(21)8-12/h4-9,22H,10-11H2,1-3H3. The topological polar surface area (TPSA) is 21.3 Å². The molecule has 0 spiro atoms. The molecule has 0 unspecified atom stereocenters. The molecule has 1 N–H and O–H groups in total. The van der Waals surface area contributed by atoms with E-state index in [-0.39, 0.29) is 5.54 Å². The molecule has 0 aliphatic carbocycles. The molecule has 0 heterocycles. The molecule has 0 amide bonds. The summed E-state index contributed by atoms with van der Waals surface area (Å²) in [5, 5.41) is 5.20. The average molecular weight is 373 g/mol. The summed E-state index contributed by atoms with van der Waals surface area (Å²) in [5.41, 5.74) is 2.00. The van der Waals surface area contributed by atoms with Crippen LogP contribution in [0.25, 0.3) is 0 Å². The number of benzene rings is 2. The molecular formula is C18H20Cl3NO. The van der Waals surface area contributed by atoms with Crippen LogP contribution in [-0.4, -0.2) is 5.54 Å². The lowest BCUT2D eigenvalue weighted by Crippen LogP contribution is -2.35. The molecule has 0 bridgehead atoms. The van der Waals surface area contributed by atoms with E-state index in [1.165, 1.54) is 0 Å². The molecule has 2 aromatic rings. The molecule has 2 rings (SSSR count). The van der Waals surface area contributed by atoms with Crippen molar-refractivity contribution in [3.05, 3.63) is 62.6 Å². The molecule has 2 aromatic carbocycles. The van der Waals surface area contributed by atoms with Gasteiger partial charge in [0.25, 0.3) is 0 Å². The van der Waals surface area contributed by atoms with Gasteiger partial charge in [-0.15, -0.1) is 0 Å². The smallest absolute Gasteiger partial charge is 0.124 e. The lowest BCUT2D eigenvalue weighted by atomic mass is 10.1. The van der Waals surface area contributed by atoms with Crippen LogP contribution in [0.2, 0.25) is 15.1 Å². The van der Waals surface area contributed by atoms with Crippen molar-refractivity contribution in [3.63, 3.8) is 0 Å². The van der Waals surface area contributed by atoms with Gasteiger partial charge in [-0.3, -0.25) is 0 Å². The summed E-state index contributed by atoms with van der Waals surface area (Å²) < 4.78 is 5.94. The summed E-state index contributed by atoms with van der Waals surface area (Å²) >= 11 is 18.1. The normalized spacial score (nSPS) is 11.6. The third-order valence-electron chi connectivity index (χ3n) is 3.21. The van der Waals surface area contributed by atoms with E-state index in [0.717, 1.165) is 16.9 Å². The maximum absolute atomic E-state index is 6.11. The zero-order chi connectivity index (χ0) is 17.0.